The van der Waals surface area contributed by atoms with Gasteiger partial charge in [0.1, 0.15) is 13.2 Å². The molecule has 0 fully saturated rings. The zero-order valence-electron chi connectivity index (χ0n) is 7.11. The number of carbonyl (C=O) groups excluding carboxylic acids is 1. The summed E-state index contributed by atoms with van der Waals surface area (Å²) in [5.74, 6) is -2.46. The molecule has 0 aromatic rings. The smallest absolute Gasteiger partial charge is 0.457 e. The van der Waals surface area contributed by atoms with Gasteiger partial charge in [-0.1, -0.05) is 0 Å². The van der Waals surface area contributed by atoms with Gasteiger partial charge in [-0.15, -0.1) is 0 Å². The Morgan fingerprint density at radius 3 is 1.93 bits per heavy atom. The molecule has 0 aromatic heterocycles. The van der Waals surface area contributed by atoms with Crippen molar-refractivity contribution >= 4 is 5.97 Å². The normalized spacial score (nSPS) is 12.7. The van der Waals surface area contributed by atoms with Gasteiger partial charge in [0.05, 0.1) is 6.61 Å². The van der Waals surface area contributed by atoms with E-state index in [1.165, 1.54) is 0 Å². The highest BCUT2D eigenvalue weighted by Crippen LogP contribution is 2.16. The molecular weight excluding hydrogens is 234 g/mol. The second-order valence-corrected chi connectivity index (χ2v) is 2.30. The highest BCUT2D eigenvalue weighted by atomic mass is 19.4. The van der Waals surface area contributed by atoms with E-state index in [1.807, 2.05) is 0 Å². The molecule has 0 bridgehead atoms. The fourth-order valence-electron chi connectivity index (χ4n) is 0.463. The number of rotatable bonds is 4. The van der Waals surface area contributed by atoms with Crippen LogP contribution in [0.3, 0.4) is 0 Å². The topological polar surface area (TPSA) is 35.5 Å². The zero-order chi connectivity index (χ0) is 12.1. The summed E-state index contributed by atoms with van der Waals surface area (Å²) in [5.41, 5.74) is 0. The summed E-state index contributed by atoms with van der Waals surface area (Å²) in [4.78, 5) is 10.00. The number of alkyl halides is 6. The van der Waals surface area contributed by atoms with Crippen molar-refractivity contribution in [3.63, 3.8) is 0 Å². The summed E-state index contributed by atoms with van der Waals surface area (Å²) in [6, 6.07) is 0. The van der Waals surface area contributed by atoms with E-state index in [0.29, 0.717) is 0 Å². The van der Waals surface area contributed by atoms with Crippen LogP contribution in [0.15, 0.2) is 0 Å². The molecule has 0 aromatic carbocycles. The standard InChI is InChI=1S/C6H6F6O3/c7-5(8,9)3-14-1-2-15-4(13)6(10,11)12/h1-3H2. The van der Waals surface area contributed by atoms with Crippen LogP contribution in [-0.2, 0) is 14.3 Å². The minimum absolute atomic E-state index is 0.749. The van der Waals surface area contributed by atoms with Gasteiger partial charge in [0.2, 0.25) is 0 Å². The van der Waals surface area contributed by atoms with Gasteiger partial charge in [0.25, 0.3) is 0 Å². The Bertz CT molecular complexity index is 208. The highest BCUT2D eigenvalue weighted by molar-refractivity contribution is 5.75. The first-order chi connectivity index (χ1) is 6.63. The molecule has 15 heavy (non-hydrogen) atoms. The molecule has 0 rings (SSSR count). The van der Waals surface area contributed by atoms with E-state index < -0.39 is 38.1 Å². The molecule has 9 heteroatoms. The van der Waals surface area contributed by atoms with Gasteiger partial charge < -0.3 is 9.47 Å². The number of carbonyl (C=O) groups is 1. The average Bonchev–Trinajstić information content (AvgIpc) is 1.99. The van der Waals surface area contributed by atoms with E-state index in [2.05, 4.69) is 9.47 Å². The summed E-state index contributed by atoms with van der Waals surface area (Å²) in [7, 11) is 0. The summed E-state index contributed by atoms with van der Waals surface area (Å²) in [6.07, 6.45) is -9.71. The third-order valence-electron chi connectivity index (χ3n) is 0.958. The van der Waals surface area contributed by atoms with Gasteiger partial charge >= 0.3 is 18.3 Å². The molecule has 0 radical (unpaired) electrons. The SMILES string of the molecule is O=C(OCCOCC(F)(F)F)C(F)(F)F. The first-order valence-electron chi connectivity index (χ1n) is 3.51. The van der Waals surface area contributed by atoms with Gasteiger partial charge in [-0.2, -0.15) is 26.3 Å². The van der Waals surface area contributed by atoms with Crippen molar-refractivity contribution in [2.45, 2.75) is 12.4 Å². The van der Waals surface area contributed by atoms with Crippen LogP contribution in [0, 0.1) is 0 Å². The average molecular weight is 240 g/mol. The van der Waals surface area contributed by atoms with Crippen LogP contribution in [0.25, 0.3) is 0 Å². The molecule has 0 atom stereocenters. The molecular formula is C6H6F6O3. The Morgan fingerprint density at radius 1 is 1.00 bits per heavy atom. The largest absolute Gasteiger partial charge is 0.490 e. The predicted molar refractivity (Wildman–Crippen MR) is 33.9 cm³/mol. The number of hydrogen-bond donors (Lipinski definition) is 0. The first kappa shape index (κ1) is 14.0. The van der Waals surface area contributed by atoms with Crippen LogP contribution in [0.4, 0.5) is 26.3 Å². The Hall–Kier alpha value is -0.990. The minimum atomic E-state index is -5.15. The van der Waals surface area contributed by atoms with E-state index in [0.717, 1.165) is 0 Å². The number of ether oxygens (including phenoxy) is 2. The van der Waals surface area contributed by atoms with Gasteiger partial charge in [-0.05, 0) is 0 Å². The van der Waals surface area contributed by atoms with Crippen molar-refractivity contribution in [1.82, 2.24) is 0 Å². The maximum absolute atomic E-state index is 11.5. The van der Waals surface area contributed by atoms with Crippen molar-refractivity contribution in [1.29, 1.82) is 0 Å². The molecule has 0 amide bonds. The fraction of sp³-hybridized carbons (Fsp3) is 0.833. The Kier molecular flexibility index (Phi) is 4.85. The summed E-state index contributed by atoms with van der Waals surface area (Å²) < 4.78 is 76.1. The van der Waals surface area contributed by atoms with Crippen molar-refractivity contribution in [2.24, 2.45) is 0 Å². The van der Waals surface area contributed by atoms with Crippen LogP contribution in [0.2, 0.25) is 0 Å². The third kappa shape index (κ3) is 8.03. The summed E-state index contributed by atoms with van der Waals surface area (Å²) in [5, 5.41) is 0. The maximum Gasteiger partial charge on any atom is 0.490 e. The van der Waals surface area contributed by atoms with Crippen LogP contribution in [0.1, 0.15) is 0 Å². The van der Waals surface area contributed by atoms with Crippen LogP contribution >= 0.6 is 0 Å². The second kappa shape index (κ2) is 5.19. The lowest BCUT2D eigenvalue weighted by atomic mass is 10.6. The van der Waals surface area contributed by atoms with Gasteiger partial charge in [0.15, 0.2) is 0 Å². The van der Waals surface area contributed by atoms with E-state index >= 15 is 0 Å². The predicted octanol–water partition coefficient (Wildman–Crippen LogP) is 1.67. The lowest BCUT2D eigenvalue weighted by Crippen LogP contribution is -2.27. The lowest BCUT2D eigenvalue weighted by Gasteiger charge is -2.09. The van der Waals surface area contributed by atoms with E-state index in [-0.39, 0.29) is 0 Å². The summed E-state index contributed by atoms with van der Waals surface area (Å²) in [6.45, 7) is -3.23. The molecule has 0 N–H and O–H groups in total. The van der Waals surface area contributed by atoms with Crippen LogP contribution < -0.4 is 0 Å². The van der Waals surface area contributed by atoms with Crippen molar-refractivity contribution in [3.05, 3.63) is 0 Å². The van der Waals surface area contributed by atoms with Crippen LogP contribution in [-0.4, -0.2) is 38.1 Å². The highest BCUT2D eigenvalue weighted by Gasteiger charge is 2.40. The molecule has 90 valence electrons. The molecule has 0 spiro atoms. The molecule has 0 aliphatic rings. The van der Waals surface area contributed by atoms with Gasteiger partial charge in [-0.3, -0.25) is 0 Å². The molecule has 0 aliphatic heterocycles. The second-order valence-electron chi connectivity index (χ2n) is 2.30. The molecule has 0 saturated heterocycles. The van der Waals surface area contributed by atoms with Gasteiger partial charge in [-0.25, -0.2) is 4.79 Å². The van der Waals surface area contributed by atoms with Crippen molar-refractivity contribution in [3.8, 4) is 0 Å². The summed E-state index contributed by atoms with van der Waals surface area (Å²) >= 11 is 0. The quantitative estimate of drug-likeness (QED) is 0.426. The maximum atomic E-state index is 11.5. The van der Waals surface area contributed by atoms with Crippen LogP contribution in [0.5, 0.6) is 0 Å². The zero-order valence-corrected chi connectivity index (χ0v) is 7.11. The van der Waals surface area contributed by atoms with E-state index in [1.54, 1.807) is 0 Å². The Labute approximate surface area is 79.9 Å². The Morgan fingerprint density at radius 2 is 1.53 bits per heavy atom. The molecule has 0 unspecified atom stereocenters. The number of hydrogen-bond acceptors (Lipinski definition) is 3. The third-order valence-corrected chi connectivity index (χ3v) is 0.958. The monoisotopic (exact) mass is 240 g/mol. The van der Waals surface area contributed by atoms with Crippen molar-refractivity contribution < 1.29 is 40.6 Å². The molecule has 0 aliphatic carbocycles. The molecule has 0 heterocycles. The van der Waals surface area contributed by atoms with E-state index in [4.69, 9.17) is 0 Å². The fourth-order valence-corrected chi connectivity index (χ4v) is 0.463. The number of halogens is 6. The molecule has 0 saturated carbocycles. The van der Waals surface area contributed by atoms with Crippen molar-refractivity contribution in [2.75, 3.05) is 19.8 Å². The lowest BCUT2D eigenvalue weighted by molar-refractivity contribution is -0.203. The number of esters is 1. The van der Waals surface area contributed by atoms with Gasteiger partial charge in [0, 0.05) is 0 Å². The molecule has 3 nitrogen and oxygen atoms in total. The first-order valence-corrected chi connectivity index (χ1v) is 3.51. The van der Waals surface area contributed by atoms with E-state index in [9.17, 15) is 31.1 Å². The minimum Gasteiger partial charge on any atom is -0.457 e. The Balaban J connectivity index is 3.53.